The summed E-state index contributed by atoms with van der Waals surface area (Å²) >= 11 is 1.38. The fourth-order valence-corrected chi connectivity index (χ4v) is 5.29. The summed E-state index contributed by atoms with van der Waals surface area (Å²) in [5.74, 6) is -0.518. The smallest absolute Gasteiger partial charge is 0.355 e. The summed E-state index contributed by atoms with van der Waals surface area (Å²) in [6.45, 7) is 1.84. The second-order valence-electron chi connectivity index (χ2n) is 7.97. The van der Waals surface area contributed by atoms with Crippen molar-refractivity contribution in [3.05, 3.63) is 77.0 Å². The van der Waals surface area contributed by atoms with Crippen LogP contribution in [0.3, 0.4) is 0 Å². The Balaban J connectivity index is 1.44. The van der Waals surface area contributed by atoms with Crippen molar-refractivity contribution in [3.63, 3.8) is 0 Å². The van der Waals surface area contributed by atoms with E-state index >= 15 is 0 Å². The number of carbonyl (C=O) groups is 3. The van der Waals surface area contributed by atoms with Crippen LogP contribution in [0.4, 0.5) is 0 Å². The van der Waals surface area contributed by atoms with E-state index in [0.29, 0.717) is 11.3 Å². The molecule has 0 aliphatic carbocycles. The summed E-state index contributed by atoms with van der Waals surface area (Å²) in [5.41, 5.74) is 2.00. The van der Waals surface area contributed by atoms with E-state index in [9.17, 15) is 14.4 Å². The van der Waals surface area contributed by atoms with Crippen LogP contribution >= 0.6 is 11.8 Å². The Hall–Kier alpha value is -3.30. The van der Waals surface area contributed by atoms with Gasteiger partial charge < -0.3 is 19.5 Å². The van der Waals surface area contributed by atoms with Crippen LogP contribution in [0, 0.1) is 0 Å². The highest BCUT2D eigenvalue weighted by Gasteiger charge is 2.56. The molecule has 2 aliphatic heterocycles. The van der Waals surface area contributed by atoms with Gasteiger partial charge in [-0.05, 0) is 35.8 Å². The number of nitrogens with one attached hydrogen (secondary N) is 1. The molecule has 34 heavy (non-hydrogen) atoms. The van der Waals surface area contributed by atoms with E-state index in [2.05, 4.69) is 5.32 Å². The number of thioether (sulfide) groups is 1. The van der Waals surface area contributed by atoms with Crippen LogP contribution in [-0.4, -0.2) is 53.8 Å². The maximum Gasteiger partial charge on any atom is 0.355 e. The molecule has 1 fully saturated rings. The zero-order valence-electron chi connectivity index (χ0n) is 19.1. The molecule has 8 nitrogen and oxygen atoms in total. The van der Waals surface area contributed by atoms with Crippen molar-refractivity contribution in [2.45, 2.75) is 36.8 Å². The van der Waals surface area contributed by atoms with Gasteiger partial charge in [0.2, 0.25) is 5.91 Å². The van der Waals surface area contributed by atoms with Gasteiger partial charge in [0.1, 0.15) is 34.9 Å². The molecule has 9 heteroatoms. The molecule has 2 amide bonds. The van der Waals surface area contributed by atoms with Crippen LogP contribution in [0.15, 0.2) is 65.9 Å². The normalized spacial score (nSPS) is 21.4. The molecule has 0 saturated carbocycles. The molecule has 2 aromatic carbocycles. The van der Waals surface area contributed by atoms with Gasteiger partial charge in [-0.1, -0.05) is 54.2 Å². The number of rotatable bonds is 8. The quantitative estimate of drug-likeness (QED) is 0.457. The van der Waals surface area contributed by atoms with Crippen molar-refractivity contribution in [2.75, 3.05) is 14.2 Å². The lowest BCUT2D eigenvalue weighted by Gasteiger charge is -2.51. The molecule has 2 aromatic rings. The molecule has 178 valence electrons. The first-order valence-corrected chi connectivity index (χ1v) is 11.7. The number of hydrogen-bond acceptors (Lipinski definition) is 7. The SMILES string of the molecule is COc1ccc(CC(=O)N[C@H]2C(=O)N3C(C(=O)OCc4ccccc4)=C(C)[C@@H](OC)S[C@@H]23)cc1. The molecule has 4 rings (SSSR count). The van der Waals surface area contributed by atoms with Crippen LogP contribution in [-0.2, 0) is 36.9 Å². The second-order valence-corrected chi connectivity index (χ2v) is 9.15. The third kappa shape index (κ3) is 4.80. The van der Waals surface area contributed by atoms with Gasteiger partial charge in [0.15, 0.2) is 0 Å². The van der Waals surface area contributed by atoms with Crippen LogP contribution in [0.25, 0.3) is 0 Å². The number of nitrogens with zero attached hydrogens (tertiary/aromatic N) is 1. The van der Waals surface area contributed by atoms with Crippen molar-refractivity contribution in [2.24, 2.45) is 0 Å². The fourth-order valence-electron chi connectivity index (χ4n) is 3.94. The first-order chi connectivity index (χ1) is 16.4. The Labute approximate surface area is 202 Å². The zero-order chi connectivity index (χ0) is 24.2. The number of β-lactam (4-membered cyclic amide) rings is 1. The Morgan fingerprint density at radius 1 is 1.03 bits per heavy atom. The average Bonchev–Trinajstić information content (AvgIpc) is 2.86. The number of hydrogen-bond donors (Lipinski definition) is 1. The highest BCUT2D eigenvalue weighted by molar-refractivity contribution is 8.00. The third-order valence-corrected chi connectivity index (χ3v) is 7.29. The lowest BCUT2D eigenvalue weighted by Crippen LogP contribution is -2.71. The lowest BCUT2D eigenvalue weighted by molar-refractivity contribution is -0.153. The van der Waals surface area contributed by atoms with Gasteiger partial charge in [0.05, 0.1) is 13.5 Å². The summed E-state index contributed by atoms with van der Waals surface area (Å²) in [7, 11) is 3.12. The Morgan fingerprint density at radius 3 is 2.38 bits per heavy atom. The maximum absolute atomic E-state index is 13.0. The summed E-state index contributed by atoms with van der Waals surface area (Å²) in [4.78, 5) is 40.0. The number of methoxy groups -OCH3 is 2. The van der Waals surface area contributed by atoms with E-state index in [-0.39, 0.29) is 30.5 Å². The first kappa shape index (κ1) is 23.8. The van der Waals surface area contributed by atoms with E-state index in [4.69, 9.17) is 14.2 Å². The minimum atomic E-state index is -0.751. The predicted molar refractivity (Wildman–Crippen MR) is 127 cm³/mol. The zero-order valence-corrected chi connectivity index (χ0v) is 20.0. The van der Waals surface area contributed by atoms with Crippen molar-refractivity contribution >= 4 is 29.5 Å². The van der Waals surface area contributed by atoms with E-state index < -0.39 is 22.8 Å². The molecule has 0 radical (unpaired) electrons. The van der Waals surface area contributed by atoms with Crippen molar-refractivity contribution in [3.8, 4) is 5.75 Å². The molecule has 0 aromatic heterocycles. The topological polar surface area (TPSA) is 94.2 Å². The molecule has 3 atom stereocenters. The molecular formula is C25H26N2O6S. The number of benzene rings is 2. The minimum absolute atomic E-state index is 0.0932. The van der Waals surface area contributed by atoms with Gasteiger partial charge in [-0.25, -0.2) is 4.79 Å². The van der Waals surface area contributed by atoms with Crippen LogP contribution in [0.5, 0.6) is 5.75 Å². The second kappa shape index (κ2) is 10.3. The highest BCUT2D eigenvalue weighted by atomic mass is 32.2. The third-order valence-electron chi connectivity index (χ3n) is 5.73. The Kier molecular flexibility index (Phi) is 7.23. The van der Waals surface area contributed by atoms with Gasteiger partial charge >= 0.3 is 5.97 Å². The van der Waals surface area contributed by atoms with E-state index in [1.807, 2.05) is 30.3 Å². The molecule has 0 spiro atoms. The molecule has 2 aliphatic rings. The average molecular weight is 483 g/mol. The van der Waals surface area contributed by atoms with Gasteiger partial charge in [-0.15, -0.1) is 0 Å². The van der Waals surface area contributed by atoms with E-state index in [0.717, 1.165) is 11.1 Å². The molecule has 2 heterocycles. The molecule has 0 bridgehead atoms. The van der Waals surface area contributed by atoms with Gasteiger partial charge in [0.25, 0.3) is 5.91 Å². The van der Waals surface area contributed by atoms with Crippen LogP contribution in [0.2, 0.25) is 0 Å². The molecule has 1 saturated heterocycles. The molecule has 0 unspecified atom stereocenters. The van der Waals surface area contributed by atoms with Gasteiger partial charge in [0, 0.05) is 7.11 Å². The summed E-state index contributed by atoms with van der Waals surface area (Å²) in [6, 6.07) is 15.7. The number of ether oxygens (including phenoxy) is 3. The van der Waals surface area contributed by atoms with Gasteiger partial charge in [-0.2, -0.15) is 0 Å². The Morgan fingerprint density at radius 2 is 1.74 bits per heavy atom. The largest absolute Gasteiger partial charge is 0.497 e. The molecular weight excluding hydrogens is 456 g/mol. The van der Waals surface area contributed by atoms with Crippen LogP contribution in [0.1, 0.15) is 18.1 Å². The van der Waals surface area contributed by atoms with E-state index in [1.165, 1.54) is 16.7 Å². The van der Waals surface area contributed by atoms with Crippen LogP contribution < -0.4 is 10.1 Å². The summed E-state index contributed by atoms with van der Waals surface area (Å²) < 4.78 is 16.2. The van der Waals surface area contributed by atoms with E-state index in [1.54, 1.807) is 45.4 Å². The van der Waals surface area contributed by atoms with Gasteiger partial charge in [-0.3, -0.25) is 14.5 Å². The van der Waals surface area contributed by atoms with Crippen molar-refractivity contribution in [1.29, 1.82) is 0 Å². The van der Waals surface area contributed by atoms with Crippen molar-refractivity contribution in [1.82, 2.24) is 10.2 Å². The maximum atomic E-state index is 13.0. The first-order valence-electron chi connectivity index (χ1n) is 10.8. The highest BCUT2D eigenvalue weighted by Crippen LogP contribution is 2.44. The summed E-state index contributed by atoms with van der Waals surface area (Å²) in [6.07, 6.45) is 0.125. The number of carbonyl (C=O) groups excluding carboxylic acids is 3. The fraction of sp³-hybridized carbons (Fsp3) is 0.320. The lowest BCUT2D eigenvalue weighted by atomic mass is 10.0. The summed E-state index contributed by atoms with van der Waals surface area (Å²) in [5, 5.41) is 2.35. The van der Waals surface area contributed by atoms with Crippen molar-refractivity contribution < 1.29 is 28.6 Å². The Bertz CT molecular complexity index is 1100. The number of esters is 1. The predicted octanol–water partition coefficient (Wildman–Crippen LogP) is 2.63. The minimum Gasteiger partial charge on any atom is -0.497 e. The number of fused-ring (bicyclic) bond motifs is 1. The standard InChI is InChI=1S/C25H26N2O6S/c1-15-21(24(30)33-14-17-7-5-4-6-8-17)27-22(29)20(23(27)34-25(15)32-3)26-19(28)13-16-9-11-18(31-2)12-10-16/h4-12,20,23,25H,13-14H2,1-3H3,(H,26,28)/t20-,23-,25-/m0/s1. The number of amides is 2. The molecule has 1 N–H and O–H groups in total. The monoisotopic (exact) mass is 482 g/mol.